The first-order valence-corrected chi connectivity index (χ1v) is 6.42. The Morgan fingerprint density at radius 3 is 2.50 bits per heavy atom. The average Bonchev–Trinajstić information content (AvgIpc) is 2.33. The normalized spacial score (nSPS) is 13.1. The Labute approximate surface area is 113 Å². The fourth-order valence-electron chi connectivity index (χ4n) is 1.32. The second-order valence-corrected chi connectivity index (χ2v) is 5.61. The van der Waals surface area contributed by atoms with Gasteiger partial charge in [-0.3, -0.25) is 4.79 Å². The van der Waals surface area contributed by atoms with Crippen molar-refractivity contribution in [1.82, 2.24) is 5.32 Å². The molecule has 1 N–H and O–H groups in total. The number of rotatable bonds is 5. The van der Waals surface area contributed by atoms with Gasteiger partial charge in [0.15, 0.2) is 0 Å². The van der Waals surface area contributed by atoms with Gasteiger partial charge in [0.05, 0.1) is 11.0 Å². The van der Waals surface area contributed by atoms with E-state index in [1.807, 2.05) is 51.1 Å². The van der Waals surface area contributed by atoms with Gasteiger partial charge in [0.2, 0.25) is 5.91 Å². The Morgan fingerprint density at radius 1 is 1.33 bits per heavy atom. The highest BCUT2D eigenvalue weighted by atomic mass is 35.5. The molecule has 100 valence electrons. The molecule has 1 amide bonds. The van der Waals surface area contributed by atoms with Crippen molar-refractivity contribution < 1.29 is 9.53 Å². The number of ether oxygens (including phenoxy) is 1. The smallest absolute Gasteiger partial charge is 0.246 e. The lowest BCUT2D eigenvalue weighted by atomic mass is 10.1. The van der Waals surface area contributed by atoms with Crippen LogP contribution in [0.4, 0.5) is 0 Å². The summed E-state index contributed by atoms with van der Waals surface area (Å²) in [5.41, 5.74) is 0.688. The van der Waals surface area contributed by atoms with Crippen LogP contribution in [0.1, 0.15) is 31.7 Å². The molecule has 1 atom stereocenters. The van der Waals surface area contributed by atoms with E-state index >= 15 is 0 Å². The molecular formula is C14H20ClNO2. The van der Waals surface area contributed by atoms with Crippen LogP contribution in [0.2, 0.25) is 0 Å². The Bertz CT molecular complexity index is 373. The predicted octanol–water partition coefficient (Wildman–Crippen LogP) is 2.90. The Balaban J connectivity index is 2.31. The second-order valence-electron chi connectivity index (χ2n) is 5.08. The number of carbonyl (C=O) groups excluding carboxylic acids is 1. The van der Waals surface area contributed by atoms with Gasteiger partial charge in [-0.05, 0) is 26.3 Å². The summed E-state index contributed by atoms with van der Waals surface area (Å²) in [7, 11) is 0. The van der Waals surface area contributed by atoms with Crippen LogP contribution in [0.3, 0.4) is 0 Å². The van der Waals surface area contributed by atoms with E-state index in [-0.39, 0.29) is 23.5 Å². The van der Waals surface area contributed by atoms with Gasteiger partial charge in [-0.2, -0.15) is 0 Å². The maximum absolute atomic E-state index is 11.5. The molecule has 4 heteroatoms. The molecule has 1 aromatic rings. The van der Waals surface area contributed by atoms with Crippen molar-refractivity contribution in [3.8, 4) is 0 Å². The van der Waals surface area contributed by atoms with Crippen molar-refractivity contribution in [2.75, 3.05) is 13.2 Å². The molecule has 1 aromatic carbocycles. The van der Waals surface area contributed by atoms with Crippen molar-refractivity contribution in [3.05, 3.63) is 35.9 Å². The number of carbonyl (C=O) groups is 1. The standard InChI is InChI=1S/C14H20ClNO2/c1-14(2,3)18-10-13(17)16-9-12(15)11-7-5-4-6-8-11/h4-8,12H,9-10H2,1-3H3,(H,16,17). The molecule has 3 nitrogen and oxygen atoms in total. The quantitative estimate of drug-likeness (QED) is 0.835. The number of benzene rings is 1. The average molecular weight is 270 g/mol. The fourth-order valence-corrected chi connectivity index (χ4v) is 1.54. The molecule has 0 aliphatic carbocycles. The molecule has 0 spiro atoms. The van der Waals surface area contributed by atoms with E-state index in [1.165, 1.54) is 0 Å². The third kappa shape index (κ3) is 6.03. The third-order valence-electron chi connectivity index (χ3n) is 2.28. The maximum Gasteiger partial charge on any atom is 0.246 e. The summed E-state index contributed by atoms with van der Waals surface area (Å²) in [6, 6.07) is 9.66. The van der Waals surface area contributed by atoms with Gasteiger partial charge in [0, 0.05) is 6.54 Å². The van der Waals surface area contributed by atoms with Gasteiger partial charge >= 0.3 is 0 Å². The van der Waals surface area contributed by atoms with Crippen LogP contribution < -0.4 is 5.32 Å². The molecular weight excluding hydrogens is 250 g/mol. The molecule has 1 rings (SSSR count). The van der Waals surface area contributed by atoms with Crippen molar-refractivity contribution in [2.45, 2.75) is 31.7 Å². The highest BCUT2D eigenvalue weighted by molar-refractivity contribution is 6.21. The van der Waals surface area contributed by atoms with Crippen LogP contribution in [-0.2, 0) is 9.53 Å². The molecule has 0 saturated carbocycles. The number of hydrogen-bond donors (Lipinski definition) is 1. The summed E-state index contributed by atoms with van der Waals surface area (Å²) in [5.74, 6) is -0.147. The number of nitrogens with one attached hydrogen (secondary N) is 1. The summed E-state index contributed by atoms with van der Waals surface area (Å²) in [6.07, 6.45) is 0. The van der Waals surface area contributed by atoms with Gasteiger partial charge in [-0.15, -0.1) is 11.6 Å². The molecule has 18 heavy (non-hydrogen) atoms. The minimum Gasteiger partial charge on any atom is -0.366 e. The highest BCUT2D eigenvalue weighted by Gasteiger charge is 2.14. The summed E-state index contributed by atoms with van der Waals surface area (Å²) < 4.78 is 5.37. The number of hydrogen-bond acceptors (Lipinski definition) is 2. The molecule has 0 heterocycles. The van der Waals surface area contributed by atoms with Gasteiger partial charge < -0.3 is 10.1 Å². The van der Waals surface area contributed by atoms with Gasteiger partial charge in [-0.25, -0.2) is 0 Å². The zero-order valence-electron chi connectivity index (χ0n) is 11.1. The molecule has 0 radical (unpaired) electrons. The topological polar surface area (TPSA) is 38.3 Å². The Hall–Kier alpha value is -1.06. The van der Waals surface area contributed by atoms with Crippen LogP contribution >= 0.6 is 11.6 Å². The SMILES string of the molecule is CC(C)(C)OCC(=O)NCC(Cl)c1ccccc1. The minimum atomic E-state index is -0.308. The summed E-state index contributed by atoms with van der Waals surface area (Å²) >= 11 is 6.18. The fraction of sp³-hybridized carbons (Fsp3) is 0.500. The lowest BCUT2D eigenvalue weighted by Gasteiger charge is -2.19. The van der Waals surface area contributed by atoms with E-state index in [0.717, 1.165) is 5.56 Å². The van der Waals surface area contributed by atoms with Gasteiger partial charge in [0.1, 0.15) is 6.61 Å². The molecule has 0 aromatic heterocycles. The molecule has 0 aliphatic rings. The highest BCUT2D eigenvalue weighted by Crippen LogP contribution is 2.18. The van der Waals surface area contributed by atoms with E-state index in [2.05, 4.69) is 5.32 Å². The van der Waals surface area contributed by atoms with Crippen LogP contribution in [0.25, 0.3) is 0 Å². The van der Waals surface area contributed by atoms with Gasteiger partial charge in [0.25, 0.3) is 0 Å². The third-order valence-corrected chi connectivity index (χ3v) is 2.68. The molecule has 1 unspecified atom stereocenters. The van der Waals surface area contributed by atoms with Gasteiger partial charge in [-0.1, -0.05) is 30.3 Å². The molecule has 0 saturated heterocycles. The monoisotopic (exact) mass is 269 g/mol. The zero-order valence-corrected chi connectivity index (χ0v) is 11.8. The van der Waals surface area contributed by atoms with E-state index in [0.29, 0.717) is 6.54 Å². The lowest BCUT2D eigenvalue weighted by Crippen LogP contribution is -2.33. The first kappa shape index (κ1) is 15.0. The molecule has 0 fully saturated rings. The van der Waals surface area contributed by atoms with Crippen LogP contribution in [0.15, 0.2) is 30.3 Å². The summed E-state index contributed by atoms with van der Waals surface area (Å²) in [4.78, 5) is 11.5. The van der Waals surface area contributed by atoms with Crippen LogP contribution in [0.5, 0.6) is 0 Å². The Morgan fingerprint density at radius 2 is 1.94 bits per heavy atom. The van der Waals surface area contributed by atoms with Crippen molar-refractivity contribution >= 4 is 17.5 Å². The first-order valence-electron chi connectivity index (χ1n) is 5.98. The van der Waals surface area contributed by atoms with Crippen LogP contribution in [-0.4, -0.2) is 24.7 Å². The predicted molar refractivity (Wildman–Crippen MR) is 73.8 cm³/mol. The zero-order chi connectivity index (χ0) is 13.6. The largest absolute Gasteiger partial charge is 0.366 e. The van der Waals surface area contributed by atoms with E-state index < -0.39 is 0 Å². The summed E-state index contributed by atoms with van der Waals surface area (Å²) in [5, 5.41) is 2.54. The van der Waals surface area contributed by atoms with E-state index in [9.17, 15) is 4.79 Å². The molecule has 0 aliphatic heterocycles. The minimum absolute atomic E-state index is 0.0574. The van der Waals surface area contributed by atoms with Crippen molar-refractivity contribution in [3.63, 3.8) is 0 Å². The van der Waals surface area contributed by atoms with E-state index in [4.69, 9.17) is 16.3 Å². The molecule has 0 bridgehead atoms. The first-order chi connectivity index (χ1) is 8.38. The summed E-state index contributed by atoms with van der Waals surface area (Å²) in [6.45, 7) is 6.19. The number of halogens is 1. The van der Waals surface area contributed by atoms with E-state index in [1.54, 1.807) is 0 Å². The number of amides is 1. The van der Waals surface area contributed by atoms with Crippen molar-refractivity contribution in [2.24, 2.45) is 0 Å². The number of alkyl halides is 1. The lowest BCUT2D eigenvalue weighted by molar-refractivity contribution is -0.130. The van der Waals surface area contributed by atoms with Crippen molar-refractivity contribution in [1.29, 1.82) is 0 Å². The second kappa shape index (κ2) is 6.76. The maximum atomic E-state index is 11.5. The van der Waals surface area contributed by atoms with Crippen LogP contribution in [0, 0.1) is 0 Å². The Kier molecular flexibility index (Phi) is 5.63.